The Labute approximate surface area is 183 Å². The normalized spacial score (nSPS) is 10.5. The van der Waals surface area contributed by atoms with E-state index in [9.17, 15) is 14.4 Å². The summed E-state index contributed by atoms with van der Waals surface area (Å²) in [6, 6.07) is 11.5. The average molecular weight is 442 g/mol. The van der Waals surface area contributed by atoms with E-state index in [1.165, 1.54) is 13.0 Å². The van der Waals surface area contributed by atoms with Crippen molar-refractivity contribution in [3.8, 4) is 5.82 Å². The van der Waals surface area contributed by atoms with E-state index in [4.69, 9.17) is 16.3 Å². The Hall–Kier alpha value is -3.72. The molecule has 2 heterocycles. The van der Waals surface area contributed by atoms with Crippen molar-refractivity contribution in [2.75, 3.05) is 17.2 Å². The maximum atomic E-state index is 12.4. The second-order valence-corrected chi connectivity index (χ2v) is 7.13. The van der Waals surface area contributed by atoms with Crippen LogP contribution in [-0.4, -0.2) is 39.2 Å². The van der Waals surface area contributed by atoms with Gasteiger partial charge in [-0.3, -0.25) is 9.59 Å². The number of aromatic nitrogens is 3. The fraction of sp³-hybridized carbons (Fsp3) is 0.190. The molecule has 3 aromatic rings. The number of esters is 1. The van der Waals surface area contributed by atoms with Gasteiger partial charge in [-0.15, -0.1) is 0 Å². The van der Waals surface area contributed by atoms with E-state index in [1.54, 1.807) is 35.0 Å². The molecule has 0 fully saturated rings. The number of hydrogen-bond donors (Lipinski definition) is 2. The van der Waals surface area contributed by atoms with Crippen molar-refractivity contribution in [1.29, 1.82) is 0 Å². The van der Waals surface area contributed by atoms with Crippen molar-refractivity contribution in [2.45, 2.75) is 20.8 Å². The minimum Gasteiger partial charge on any atom is -0.451 e. The largest absolute Gasteiger partial charge is 0.451 e. The smallest absolute Gasteiger partial charge is 0.359 e. The summed E-state index contributed by atoms with van der Waals surface area (Å²) in [7, 11) is 0. The van der Waals surface area contributed by atoms with Crippen molar-refractivity contribution >= 4 is 40.8 Å². The van der Waals surface area contributed by atoms with Crippen molar-refractivity contribution in [3.63, 3.8) is 0 Å². The summed E-state index contributed by atoms with van der Waals surface area (Å²) in [6.45, 7) is 4.59. The summed E-state index contributed by atoms with van der Waals surface area (Å²) >= 11 is 6.10. The first-order valence-electron chi connectivity index (χ1n) is 9.28. The van der Waals surface area contributed by atoms with Crippen LogP contribution in [0.3, 0.4) is 0 Å². The maximum absolute atomic E-state index is 12.4. The highest BCUT2D eigenvalue weighted by atomic mass is 35.5. The van der Waals surface area contributed by atoms with E-state index in [-0.39, 0.29) is 16.6 Å². The molecule has 0 saturated heterocycles. The number of halogens is 1. The zero-order valence-electron chi connectivity index (χ0n) is 17.1. The fourth-order valence-electron chi connectivity index (χ4n) is 2.79. The summed E-state index contributed by atoms with van der Waals surface area (Å²) in [5.74, 6) is -1.15. The number of hydrogen-bond acceptors (Lipinski definition) is 6. The van der Waals surface area contributed by atoms with Gasteiger partial charge in [0, 0.05) is 24.0 Å². The van der Waals surface area contributed by atoms with Crippen molar-refractivity contribution in [1.82, 2.24) is 14.8 Å². The van der Waals surface area contributed by atoms with E-state index >= 15 is 0 Å². The number of amides is 2. The summed E-state index contributed by atoms with van der Waals surface area (Å²) in [6.07, 6.45) is 0. The minimum absolute atomic E-state index is 0.101. The van der Waals surface area contributed by atoms with Gasteiger partial charge < -0.3 is 15.4 Å². The molecule has 0 saturated carbocycles. The number of nitrogens with one attached hydrogen (secondary N) is 2. The van der Waals surface area contributed by atoms with Crippen LogP contribution in [0.4, 0.5) is 11.4 Å². The molecular formula is C21H20ClN5O4. The lowest BCUT2D eigenvalue weighted by atomic mass is 10.2. The monoisotopic (exact) mass is 441 g/mol. The number of benzene rings is 1. The highest BCUT2D eigenvalue weighted by Crippen LogP contribution is 2.19. The van der Waals surface area contributed by atoms with E-state index < -0.39 is 18.5 Å². The Morgan fingerprint density at radius 2 is 1.68 bits per heavy atom. The number of carbonyl (C=O) groups excluding carboxylic acids is 3. The van der Waals surface area contributed by atoms with Crippen LogP contribution in [0.25, 0.3) is 5.82 Å². The molecule has 10 heteroatoms. The minimum atomic E-state index is -0.829. The molecule has 0 unspecified atom stereocenters. The predicted molar refractivity (Wildman–Crippen MR) is 116 cm³/mol. The summed E-state index contributed by atoms with van der Waals surface area (Å²) < 4.78 is 6.64. The predicted octanol–water partition coefficient (Wildman–Crippen LogP) is 3.29. The van der Waals surface area contributed by atoms with Gasteiger partial charge in [-0.2, -0.15) is 5.10 Å². The van der Waals surface area contributed by atoms with Crippen LogP contribution >= 0.6 is 11.6 Å². The van der Waals surface area contributed by atoms with E-state index in [1.807, 2.05) is 19.9 Å². The quantitative estimate of drug-likeness (QED) is 0.567. The Kier molecular flexibility index (Phi) is 6.66. The third-order valence-corrected chi connectivity index (χ3v) is 4.38. The zero-order valence-corrected chi connectivity index (χ0v) is 17.9. The third-order valence-electron chi connectivity index (χ3n) is 4.07. The highest BCUT2D eigenvalue weighted by molar-refractivity contribution is 6.33. The Bertz CT molecular complexity index is 1140. The first kappa shape index (κ1) is 22.0. The second kappa shape index (κ2) is 9.40. The van der Waals surface area contributed by atoms with Gasteiger partial charge in [0.1, 0.15) is 0 Å². The number of pyridine rings is 1. The SMILES string of the molecule is CC(=O)Nc1ccc(NC(=O)COC(=O)c2nc(-n3nc(C)cc3C)ccc2Cl)cc1. The molecular weight excluding hydrogens is 422 g/mol. The number of rotatable bonds is 6. The molecule has 0 radical (unpaired) electrons. The van der Waals surface area contributed by atoms with Crippen molar-refractivity contribution in [3.05, 3.63) is 64.6 Å². The average Bonchev–Trinajstić information content (AvgIpc) is 3.05. The Morgan fingerprint density at radius 3 is 2.26 bits per heavy atom. The molecule has 0 spiro atoms. The molecule has 160 valence electrons. The van der Waals surface area contributed by atoms with Gasteiger partial charge in [0.15, 0.2) is 18.1 Å². The molecule has 2 amide bonds. The number of anilines is 2. The zero-order chi connectivity index (χ0) is 22.5. The molecule has 31 heavy (non-hydrogen) atoms. The van der Waals surface area contributed by atoms with Gasteiger partial charge in [0.2, 0.25) is 5.91 Å². The molecule has 1 aromatic carbocycles. The molecule has 2 aromatic heterocycles. The first-order chi connectivity index (χ1) is 14.7. The maximum Gasteiger partial charge on any atom is 0.359 e. The molecule has 2 N–H and O–H groups in total. The van der Waals surface area contributed by atoms with Crippen molar-refractivity contribution < 1.29 is 19.1 Å². The lowest BCUT2D eigenvalue weighted by molar-refractivity contribution is -0.119. The molecule has 0 aliphatic rings. The van der Waals surface area contributed by atoms with Gasteiger partial charge in [-0.25, -0.2) is 14.5 Å². The third kappa shape index (κ3) is 5.67. The lowest BCUT2D eigenvalue weighted by Gasteiger charge is -2.09. The van der Waals surface area contributed by atoms with Gasteiger partial charge in [-0.1, -0.05) is 11.6 Å². The second-order valence-electron chi connectivity index (χ2n) is 6.72. The lowest BCUT2D eigenvalue weighted by Crippen LogP contribution is -2.21. The van der Waals surface area contributed by atoms with Crippen LogP contribution in [-0.2, 0) is 14.3 Å². The Balaban J connectivity index is 1.62. The van der Waals surface area contributed by atoms with Gasteiger partial charge >= 0.3 is 5.97 Å². The van der Waals surface area contributed by atoms with Gasteiger partial charge in [0.25, 0.3) is 5.91 Å². The molecule has 0 aliphatic carbocycles. The van der Waals surface area contributed by atoms with Crippen molar-refractivity contribution in [2.24, 2.45) is 0 Å². The fourth-order valence-corrected chi connectivity index (χ4v) is 2.97. The van der Waals surface area contributed by atoms with Crippen LogP contribution in [0.15, 0.2) is 42.5 Å². The summed E-state index contributed by atoms with van der Waals surface area (Å²) in [5, 5.41) is 9.64. The highest BCUT2D eigenvalue weighted by Gasteiger charge is 2.18. The van der Waals surface area contributed by atoms with Gasteiger partial charge in [0.05, 0.1) is 10.7 Å². The molecule has 0 atom stereocenters. The molecule has 0 bridgehead atoms. The number of ether oxygens (including phenoxy) is 1. The molecule has 3 rings (SSSR count). The number of aryl methyl sites for hydroxylation is 2. The first-order valence-corrected chi connectivity index (χ1v) is 9.65. The van der Waals surface area contributed by atoms with E-state index in [2.05, 4.69) is 20.7 Å². The standard InChI is InChI=1S/C21H20ClN5O4/c1-12-10-13(2)27(26-12)18-9-8-17(22)20(25-18)21(30)31-11-19(29)24-16-6-4-15(5-7-16)23-14(3)28/h4-10H,11H2,1-3H3,(H,23,28)(H,24,29). The van der Waals surface area contributed by atoms with Crippen LogP contribution < -0.4 is 10.6 Å². The topological polar surface area (TPSA) is 115 Å². The summed E-state index contributed by atoms with van der Waals surface area (Å²) in [4.78, 5) is 39.8. The molecule has 0 aliphatic heterocycles. The van der Waals surface area contributed by atoms with E-state index in [0.29, 0.717) is 17.2 Å². The van der Waals surface area contributed by atoms with Crippen LogP contribution in [0.2, 0.25) is 5.02 Å². The van der Waals surface area contributed by atoms with E-state index in [0.717, 1.165) is 11.4 Å². The Morgan fingerprint density at radius 1 is 1.03 bits per heavy atom. The number of nitrogens with zero attached hydrogens (tertiary/aromatic N) is 3. The van der Waals surface area contributed by atoms with Crippen LogP contribution in [0.1, 0.15) is 28.8 Å². The van der Waals surface area contributed by atoms with Crippen LogP contribution in [0, 0.1) is 13.8 Å². The summed E-state index contributed by atoms with van der Waals surface area (Å²) in [5.41, 5.74) is 2.62. The van der Waals surface area contributed by atoms with Gasteiger partial charge in [-0.05, 0) is 56.3 Å². The number of carbonyl (C=O) groups is 3. The van der Waals surface area contributed by atoms with Crippen LogP contribution in [0.5, 0.6) is 0 Å². The molecule has 9 nitrogen and oxygen atoms in total.